The number of ether oxygens (including phenoxy) is 2. The third kappa shape index (κ3) is 13.6. The zero-order valence-corrected chi connectivity index (χ0v) is 23.4. The van der Waals surface area contributed by atoms with Crippen LogP contribution in [0.5, 0.6) is 5.75 Å². The summed E-state index contributed by atoms with van der Waals surface area (Å²) in [6, 6.07) is 5.38. The Kier molecular flexibility index (Phi) is 14.5. The minimum atomic E-state index is -4.34. The van der Waals surface area contributed by atoms with Gasteiger partial charge in [-0.1, -0.05) is 18.2 Å². The van der Waals surface area contributed by atoms with E-state index in [0.29, 0.717) is 0 Å². The van der Waals surface area contributed by atoms with Crippen LogP contribution < -0.4 is 19.4 Å². The average Bonchev–Trinajstić information content (AvgIpc) is 2.84. The molecular weight excluding hydrogens is 529 g/mol. The van der Waals surface area contributed by atoms with Gasteiger partial charge in [0.25, 0.3) is 6.72 Å². The van der Waals surface area contributed by atoms with E-state index in [0.717, 1.165) is 12.4 Å². The van der Waals surface area contributed by atoms with Crippen molar-refractivity contribution in [3.63, 3.8) is 0 Å². The maximum Gasteiger partial charge on any atom is 0.391 e. The number of esters is 2. The minimum absolute atomic E-state index is 0.139. The van der Waals surface area contributed by atoms with Gasteiger partial charge in [0.1, 0.15) is 17.8 Å². The fraction of sp³-hybridized carbons (Fsp3) is 0.480. The molecule has 14 heteroatoms. The van der Waals surface area contributed by atoms with Crippen LogP contribution in [-0.4, -0.2) is 71.7 Å². The number of nitrogens with one attached hydrogen (secondary N) is 3. The van der Waals surface area contributed by atoms with Gasteiger partial charge in [-0.05, 0) is 52.7 Å². The fourth-order valence-electron chi connectivity index (χ4n) is 3.11. The molecule has 3 N–H and O–H groups in total. The number of carbonyl (C=O) groups is 4. The second kappa shape index (κ2) is 17.0. The fourth-order valence-corrected chi connectivity index (χ4v) is 4.99. The van der Waals surface area contributed by atoms with E-state index >= 15 is 0 Å². The van der Waals surface area contributed by atoms with Gasteiger partial charge in [0.2, 0.25) is 11.6 Å². The van der Waals surface area contributed by atoms with Gasteiger partial charge in [-0.25, -0.2) is 14.7 Å². The summed E-state index contributed by atoms with van der Waals surface area (Å²) in [5, 5.41) is 5.23. The van der Waals surface area contributed by atoms with Crippen molar-refractivity contribution < 1.29 is 42.5 Å². The molecule has 0 aromatic heterocycles. The molecule has 0 saturated carbocycles. The molecule has 1 unspecified atom stereocenters. The predicted octanol–water partition coefficient (Wildman–Crippen LogP) is 1.84. The van der Waals surface area contributed by atoms with Crippen molar-refractivity contribution in [2.45, 2.75) is 77.7 Å². The molecule has 1 rings (SSSR count). The van der Waals surface area contributed by atoms with Crippen molar-refractivity contribution in [3.05, 3.63) is 30.3 Å². The first-order valence-corrected chi connectivity index (χ1v) is 13.9. The summed E-state index contributed by atoms with van der Waals surface area (Å²) in [5.74, 6) is -2.43. The standard InChI is InChI=1S/C25H36N5O8P/c1-17(2)36-24(33)22(13-11-19(31)15-27-5)29-39(35,38-21-9-7-6-8-10-21)30-23(25(34)37-18(3)4)14-12-20(32)16-28-26/h6-10,15-18,22-23,26H,5,11-14H2,1-4H3,(H2,29,30,35)/q+2/t22-,23-,39?/m0/s1. The Morgan fingerprint density at radius 2 is 1.36 bits per heavy atom. The first-order valence-electron chi connectivity index (χ1n) is 12.2. The normalized spacial score (nSPS) is 13.7. The Hall–Kier alpha value is -3.72. The Balaban J connectivity index is 3.41. The van der Waals surface area contributed by atoms with E-state index < -0.39 is 55.5 Å². The highest BCUT2D eigenvalue weighted by atomic mass is 31.2. The number of nitrogens with zero attached hydrogens (tertiary/aromatic N) is 2. The number of para-hydroxylation sites is 1. The summed E-state index contributed by atoms with van der Waals surface area (Å²) >= 11 is 0. The van der Waals surface area contributed by atoms with Gasteiger partial charge in [-0.15, -0.1) is 4.67 Å². The lowest BCUT2D eigenvalue weighted by Crippen LogP contribution is -2.46. The lowest BCUT2D eigenvalue weighted by molar-refractivity contribution is -0.150. The van der Waals surface area contributed by atoms with E-state index in [1.807, 2.05) is 0 Å². The van der Waals surface area contributed by atoms with E-state index in [4.69, 9.17) is 19.5 Å². The summed E-state index contributed by atoms with van der Waals surface area (Å²) < 4.78 is 33.9. The molecule has 0 bridgehead atoms. The zero-order chi connectivity index (χ0) is 29.4. The molecule has 0 aliphatic rings. The number of rotatable bonds is 18. The smallest absolute Gasteiger partial charge is 0.391 e. The lowest BCUT2D eigenvalue weighted by Gasteiger charge is -2.29. The van der Waals surface area contributed by atoms with E-state index in [2.05, 4.69) is 26.3 Å². The van der Waals surface area contributed by atoms with Crippen LogP contribution in [0.1, 0.15) is 53.4 Å². The Labute approximate surface area is 227 Å². The number of hydrogen-bond donors (Lipinski definition) is 3. The van der Waals surface area contributed by atoms with Crippen molar-refractivity contribution in [1.29, 1.82) is 5.53 Å². The molecule has 212 valence electrons. The van der Waals surface area contributed by atoms with Crippen LogP contribution in [0.15, 0.2) is 30.3 Å². The van der Waals surface area contributed by atoms with Crippen molar-refractivity contribution in [2.75, 3.05) is 0 Å². The minimum Gasteiger partial charge on any atom is -0.462 e. The Morgan fingerprint density at radius 3 is 1.77 bits per heavy atom. The summed E-state index contributed by atoms with van der Waals surface area (Å²) in [4.78, 5) is 52.7. The summed E-state index contributed by atoms with van der Waals surface area (Å²) in [6.45, 7) is 9.72. The molecule has 0 spiro atoms. The largest absolute Gasteiger partial charge is 0.462 e. The lowest BCUT2D eigenvalue weighted by atomic mass is 10.1. The molecular formula is C25H36N5O8P+2. The first kappa shape index (κ1) is 33.3. The molecule has 13 nitrogen and oxygen atoms in total. The maximum absolute atomic E-state index is 14.2. The third-order valence-corrected chi connectivity index (χ3v) is 6.48. The zero-order valence-electron chi connectivity index (χ0n) is 22.5. The van der Waals surface area contributed by atoms with Crippen LogP contribution in [0.2, 0.25) is 0 Å². The maximum atomic E-state index is 14.2. The highest BCUT2D eigenvalue weighted by Crippen LogP contribution is 2.41. The van der Waals surface area contributed by atoms with Crippen LogP contribution in [0, 0.1) is 5.53 Å². The molecule has 1 aromatic rings. The molecule has 0 aliphatic heterocycles. The van der Waals surface area contributed by atoms with Crippen LogP contribution in [0.3, 0.4) is 0 Å². The second-order valence-corrected chi connectivity index (χ2v) is 10.7. The van der Waals surface area contributed by atoms with Crippen LogP contribution in [0.4, 0.5) is 0 Å². The summed E-state index contributed by atoms with van der Waals surface area (Å²) in [6.07, 6.45) is 0.0417. The van der Waals surface area contributed by atoms with E-state index in [-0.39, 0.29) is 31.4 Å². The number of benzene rings is 1. The van der Waals surface area contributed by atoms with Gasteiger partial charge >= 0.3 is 32.0 Å². The highest BCUT2D eigenvalue weighted by Gasteiger charge is 2.38. The molecule has 0 saturated heterocycles. The van der Waals surface area contributed by atoms with Crippen LogP contribution in [0.25, 0.3) is 0 Å². The van der Waals surface area contributed by atoms with Crippen molar-refractivity contribution >= 4 is 50.3 Å². The second-order valence-electron chi connectivity index (χ2n) is 8.87. The van der Waals surface area contributed by atoms with E-state index in [1.165, 1.54) is 12.1 Å². The van der Waals surface area contributed by atoms with Crippen LogP contribution in [-0.2, 0) is 33.2 Å². The SMILES string of the molecule is C=[N+]=CC(=O)CC[C@H](NP(=O)(N[C@@H](CCC(=O)C=[N+]=N)C(=O)OC(C)C)Oc1ccccc1)C(=O)OC(C)C. The molecule has 0 fully saturated rings. The molecule has 0 heterocycles. The topological polar surface area (TPSA) is 189 Å². The molecule has 3 atom stereocenters. The number of hydrogen-bond acceptors (Lipinski definition) is 9. The number of carbonyl (C=O) groups excluding carboxylic acids is 4. The van der Waals surface area contributed by atoms with Crippen molar-refractivity contribution in [1.82, 2.24) is 14.8 Å². The van der Waals surface area contributed by atoms with Crippen molar-refractivity contribution in [2.24, 2.45) is 0 Å². The quantitative estimate of drug-likeness (QED) is 0.0778. The van der Waals surface area contributed by atoms with Gasteiger partial charge in [0, 0.05) is 12.8 Å². The molecule has 1 aromatic carbocycles. The molecule has 0 aliphatic carbocycles. The Bertz CT molecular complexity index is 1080. The van der Waals surface area contributed by atoms with Gasteiger partial charge in [0.15, 0.2) is 0 Å². The number of ketones is 2. The predicted molar refractivity (Wildman–Crippen MR) is 144 cm³/mol. The summed E-state index contributed by atoms with van der Waals surface area (Å²) in [5.41, 5.74) is 6.81. The van der Waals surface area contributed by atoms with Gasteiger partial charge in [-0.3, -0.25) is 19.2 Å². The van der Waals surface area contributed by atoms with Gasteiger partial charge in [0.05, 0.1) is 22.5 Å². The van der Waals surface area contributed by atoms with Gasteiger partial charge < -0.3 is 14.0 Å². The average molecular weight is 566 g/mol. The molecule has 39 heavy (non-hydrogen) atoms. The first-order chi connectivity index (χ1) is 18.4. The van der Waals surface area contributed by atoms with E-state index in [1.54, 1.807) is 45.9 Å². The number of Topliss-reactive ketones (excluding diaryl/α,β-unsaturated/α-hetero) is 2. The Morgan fingerprint density at radius 1 is 0.897 bits per heavy atom. The third-order valence-electron chi connectivity index (χ3n) is 4.70. The van der Waals surface area contributed by atoms with E-state index in [9.17, 15) is 23.7 Å². The van der Waals surface area contributed by atoms with Gasteiger partial charge in [-0.2, -0.15) is 0 Å². The summed E-state index contributed by atoms with van der Waals surface area (Å²) in [7, 11) is -4.34. The molecule has 0 radical (unpaired) electrons. The monoisotopic (exact) mass is 565 g/mol. The highest BCUT2D eigenvalue weighted by molar-refractivity contribution is 7.55. The van der Waals surface area contributed by atoms with Crippen molar-refractivity contribution in [3.8, 4) is 5.75 Å². The van der Waals surface area contributed by atoms with Crippen LogP contribution >= 0.6 is 7.67 Å². The molecule has 0 amide bonds.